The SMILES string of the molecule is CC(/C(F)=C\C(=C/CF)c1cccnc1OC1CCCC1)N1CC(CC(=O)O)C1. The van der Waals surface area contributed by atoms with Crippen molar-refractivity contribution >= 4 is 11.5 Å². The molecule has 1 aromatic rings. The quantitative estimate of drug-likeness (QED) is 0.616. The highest BCUT2D eigenvalue weighted by atomic mass is 19.1. The average Bonchev–Trinajstić information content (AvgIpc) is 3.17. The number of likely N-dealkylation sites (tertiary alicyclic amines) is 1. The molecule has 0 spiro atoms. The van der Waals surface area contributed by atoms with Gasteiger partial charge < -0.3 is 9.84 Å². The Balaban J connectivity index is 1.73. The third kappa shape index (κ3) is 5.63. The van der Waals surface area contributed by atoms with Gasteiger partial charge in [0.15, 0.2) is 0 Å². The number of hydrogen-bond donors (Lipinski definition) is 1. The van der Waals surface area contributed by atoms with E-state index in [4.69, 9.17) is 9.84 Å². The Hall–Kier alpha value is -2.28. The number of nitrogens with zero attached hydrogens (tertiary/aromatic N) is 2. The molecule has 1 aromatic heterocycles. The van der Waals surface area contributed by atoms with Crippen molar-refractivity contribution in [3.8, 4) is 5.88 Å². The number of aromatic nitrogens is 1. The highest BCUT2D eigenvalue weighted by Gasteiger charge is 2.33. The molecular formula is C22H28F2N2O3. The van der Waals surface area contributed by atoms with Crippen LogP contribution in [-0.2, 0) is 4.79 Å². The van der Waals surface area contributed by atoms with Gasteiger partial charge in [0.1, 0.15) is 18.6 Å². The summed E-state index contributed by atoms with van der Waals surface area (Å²) in [6.07, 6.45) is 8.63. The first kappa shape index (κ1) is 21.4. The lowest BCUT2D eigenvalue weighted by molar-refractivity contribution is -0.139. The van der Waals surface area contributed by atoms with E-state index in [0.717, 1.165) is 25.7 Å². The summed E-state index contributed by atoms with van der Waals surface area (Å²) in [6.45, 7) is 2.09. The maximum atomic E-state index is 14.9. The summed E-state index contributed by atoms with van der Waals surface area (Å²) in [7, 11) is 0. The smallest absolute Gasteiger partial charge is 0.303 e. The monoisotopic (exact) mass is 406 g/mol. The van der Waals surface area contributed by atoms with Crippen LogP contribution < -0.4 is 4.74 Å². The molecule has 0 radical (unpaired) electrons. The number of carbonyl (C=O) groups is 1. The Morgan fingerprint density at radius 3 is 2.79 bits per heavy atom. The molecule has 2 heterocycles. The molecule has 1 unspecified atom stereocenters. The van der Waals surface area contributed by atoms with Crippen molar-refractivity contribution < 1.29 is 23.4 Å². The number of hydrogen-bond acceptors (Lipinski definition) is 4. The van der Waals surface area contributed by atoms with E-state index in [9.17, 15) is 13.6 Å². The summed E-state index contributed by atoms with van der Waals surface area (Å²) in [5.74, 6) is -0.776. The molecule has 2 aliphatic rings. The minimum atomic E-state index is -0.835. The van der Waals surface area contributed by atoms with Gasteiger partial charge in [0.05, 0.1) is 12.5 Å². The van der Waals surface area contributed by atoms with Crippen molar-refractivity contribution in [2.75, 3.05) is 19.8 Å². The summed E-state index contributed by atoms with van der Waals surface area (Å²) in [5, 5.41) is 8.85. The number of rotatable bonds is 9. The summed E-state index contributed by atoms with van der Waals surface area (Å²) < 4.78 is 34.1. The summed E-state index contributed by atoms with van der Waals surface area (Å²) in [4.78, 5) is 17.0. The number of aliphatic carboxylic acids is 1. The predicted molar refractivity (Wildman–Crippen MR) is 107 cm³/mol. The normalized spacial score (nSPS) is 20.5. The van der Waals surface area contributed by atoms with Crippen molar-refractivity contribution in [1.82, 2.24) is 9.88 Å². The number of carboxylic acid groups (broad SMARTS) is 1. The van der Waals surface area contributed by atoms with Crippen LogP contribution in [0.15, 0.2) is 36.3 Å². The fraction of sp³-hybridized carbons (Fsp3) is 0.545. The van der Waals surface area contributed by atoms with Gasteiger partial charge in [-0.15, -0.1) is 0 Å². The molecule has 3 rings (SSSR count). The second-order valence-corrected chi connectivity index (χ2v) is 7.82. The predicted octanol–water partition coefficient (Wildman–Crippen LogP) is 4.40. The van der Waals surface area contributed by atoms with Gasteiger partial charge in [-0.3, -0.25) is 9.69 Å². The average molecular weight is 406 g/mol. The molecule has 7 heteroatoms. The minimum absolute atomic E-state index is 0.0494. The topological polar surface area (TPSA) is 62.7 Å². The maximum Gasteiger partial charge on any atom is 0.303 e. The van der Waals surface area contributed by atoms with Crippen LogP contribution in [0.4, 0.5) is 8.78 Å². The second kappa shape index (κ2) is 9.96. The number of halogens is 2. The Bertz CT molecular complexity index is 769. The zero-order valence-electron chi connectivity index (χ0n) is 16.7. The molecule has 158 valence electrons. The van der Waals surface area contributed by atoms with Crippen molar-refractivity contribution in [1.29, 1.82) is 0 Å². The maximum absolute atomic E-state index is 14.9. The molecule has 1 saturated heterocycles. The van der Waals surface area contributed by atoms with Crippen LogP contribution in [0, 0.1) is 5.92 Å². The highest BCUT2D eigenvalue weighted by Crippen LogP contribution is 2.32. The Kier molecular flexibility index (Phi) is 7.36. The largest absolute Gasteiger partial charge is 0.481 e. The number of allylic oxidation sites excluding steroid dienone is 3. The molecule has 0 amide bonds. The second-order valence-electron chi connectivity index (χ2n) is 7.82. The van der Waals surface area contributed by atoms with Gasteiger partial charge in [-0.1, -0.05) is 0 Å². The fourth-order valence-corrected chi connectivity index (χ4v) is 3.94. The molecule has 1 N–H and O–H groups in total. The summed E-state index contributed by atoms with van der Waals surface area (Å²) in [5.41, 5.74) is 0.979. The molecular weight excluding hydrogens is 378 g/mol. The molecule has 1 saturated carbocycles. The van der Waals surface area contributed by atoms with Crippen molar-refractivity contribution in [2.24, 2.45) is 5.92 Å². The van der Waals surface area contributed by atoms with E-state index in [0.29, 0.717) is 30.1 Å². The Morgan fingerprint density at radius 2 is 2.14 bits per heavy atom. The van der Waals surface area contributed by atoms with E-state index in [2.05, 4.69) is 4.98 Å². The van der Waals surface area contributed by atoms with Gasteiger partial charge in [0.2, 0.25) is 5.88 Å². The van der Waals surface area contributed by atoms with Crippen molar-refractivity contribution in [2.45, 2.75) is 51.2 Å². The Labute approximate surface area is 170 Å². The molecule has 2 fully saturated rings. The molecule has 0 aromatic carbocycles. The third-order valence-corrected chi connectivity index (χ3v) is 5.65. The standard InChI is InChI=1S/C22H28F2N2O3/c1-15(26-13-16(14-26)11-21(27)28)20(24)12-17(8-9-23)19-7-4-10-25-22(19)29-18-5-2-3-6-18/h4,7-8,10,12,15-16,18H,2-3,5-6,9,11,13-14H2,1H3,(H,27,28)/b17-8+,20-12+. The van der Waals surface area contributed by atoms with E-state index < -0.39 is 24.5 Å². The van der Waals surface area contributed by atoms with Crippen LogP contribution >= 0.6 is 0 Å². The van der Waals surface area contributed by atoms with Crippen molar-refractivity contribution in [3.63, 3.8) is 0 Å². The molecule has 1 aliphatic heterocycles. The van der Waals surface area contributed by atoms with Gasteiger partial charge in [0, 0.05) is 24.8 Å². The van der Waals surface area contributed by atoms with E-state index in [1.807, 2.05) is 4.90 Å². The van der Waals surface area contributed by atoms with Gasteiger partial charge in [0.25, 0.3) is 0 Å². The molecule has 1 atom stereocenters. The van der Waals surface area contributed by atoms with Crippen LogP contribution in [0.2, 0.25) is 0 Å². The van der Waals surface area contributed by atoms with Crippen molar-refractivity contribution in [3.05, 3.63) is 41.9 Å². The van der Waals surface area contributed by atoms with Gasteiger partial charge in [-0.25, -0.2) is 13.8 Å². The van der Waals surface area contributed by atoms with Crippen LogP contribution in [0.5, 0.6) is 5.88 Å². The van der Waals surface area contributed by atoms with Gasteiger partial charge >= 0.3 is 5.97 Å². The van der Waals surface area contributed by atoms with Gasteiger partial charge in [-0.2, -0.15) is 0 Å². The Morgan fingerprint density at radius 1 is 1.41 bits per heavy atom. The van der Waals surface area contributed by atoms with Crippen LogP contribution in [0.25, 0.3) is 5.57 Å². The number of carboxylic acids is 1. The van der Waals surface area contributed by atoms with E-state index in [1.165, 1.54) is 12.2 Å². The molecule has 29 heavy (non-hydrogen) atoms. The molecule has 5 nitrogen and oxygen atoms in total. The molecule has 1 aliphatic carbocycles. The third-order valence-electron chi connectivity index (χ3n) is 5.65. The summed E-state index contributed by atoms with van der Waals surface area (Å²) >= 11 is 0. The van der Waals surface area contributed by atoms with Crippen LogP contribution in [0.1, 0.15) is 44.6 Å². The lowest BCUT2D eigenvalue weighted by atomic mass is 9.94. The number of ether oxygens (including phenoxy) is 1. The minimum Gasteiger partial charge on any atom is -0.481 e. The highest BCUT2D eigenvalue weighted by molar-refractivity contribution is 5.77. The number of pyridine rings is 1. The summed E-state index contributed by atoms with van der Waals surface area (Å²) in [6, 6.07) is 2.99. The zero-order valence-corrected chi connectivity index (χ0v) is 16.7. The first-order valence-electron chi connectivity index (χ1n) is 10.2. The van der Waals surface area contributed by atoms with E-state index >= 15 is 0 Å². The van der Waals surface area contributed by atoms with E-state index in [1.54, 1.807) is 25.3 Å². The molecule has 0 bridgehead atoms. The fourth-order valence-electron chi connectivity index (χ4n) is 3.94. The number of alkyl halides is 1. The first-order chi connectivity index (χ1) is 14.0. The zero-order chi connectivity index (χ0) is 20.8. The lowest BCUT2D eigenvalue weighted by Gasteiger charge is -2.42. The van der Waals surface area contributed by atoms with Gasteiger partial charge in [-0.05, 0) is 68.4 Å². The first-order valence-corrected chi connectivity index (χ1v) is 10.2. The van der Waals surface area contributed by atoms with Crippen LogP contribution in [-0.4, -0.2) is 52.9 Å². The van der Waals surface area contributed by atoms with Crippen LogP contribution in [0.3, 0.4) is 0 Å². The van der Waals surface area contributed by atoms with E-state index in [-0.39, 0.29) is 18.4 Å². The lowest BCUT2D eigenvalue weighted by Crippen LogP contribution is -2.51.